The summed E-state index contributed by atoms with van der Waals surface area (Å²) in [4.78, 5) is 0. The molecule has 2 atom stereocenters. The Morgan fingerprint density at radius 1 is 1.10 bits per heavy atom. The van der Waals surface area contributed by atoms with Gasteiger partial charge in [-0.2, -0.15) is 0 Å². The second-order valence-corrected chi connectivity index (χ2v) is 5.14. The molecule has 0 aliphatic rings. The van der Waals surface area contributed by atoms with Crippen LogP contribution in [0.2, 0.25) is 0 Å². The number of phenolic OH excluding ortho intramolecular Hbond substituents is 1. The van der Waals surface area contributed by atoms with Crippen molar-refractivity contribution in [1.29, 1.82) is 0 Å². The molecule has 20 heavy (non-hydrogen) atoms. The van der Waals surface area contributed by atoms with Gasteiger partial charge >= 0.3 is 0 Å². The fraction of sp³-hybridized carbons (Fsp3) is 0.294. The number of hydrogen-bond acceptors (Lipinski definition) is 2. The van der Waals surface area contributed by atoms with Crippen molar-refractivity contribution >= 4 is 0 Å². The van der Waals surface area contributed by atoms with E-state index in [2.05, 4.69) is 24.4 Å². The summed E-state index contributed by atoms with van der Waals surface area (Å²) < 4.78 is 13.2. The van der Waals surface area contributed by atoms with Crippen molar-refractivity contribution in [2.45, 2.75) is 25.8 Å². The molecule has 2 aromatic rings. The SMILES string of the molecule is CC(CNC(C)c1cc(F)ccc1O)c1ccccc1. The minimum absolute atomic E-state index is 0.100. The summed E-state index contributed by atoms with van der Waals surface area (Å²) in [5.74, 6) is 0.149. The molecule has 0 aliphatic carbocycles. The van der Waals surface area contributed by atoms with E-state index >= 15 is 0 Å². The zero-order chi connectivity index (χ0) is 14.5. The van der Waals surface area contributed by atoms with Crippen LogP contribution in [0, 0.1) is 5.82 Å². The van der Waals surface area contributed by atoms with Gasteiger partial charge in [0.25, 0.3) is 0 Å². The standard InChI is InChI=1S/C17H20FNO/c1-12(14-6-4-3-5-7-14)11-19-13(2)16-10-15(18)8-9-17(16)20/h3-10,12-13,19-20H,11H2,1-2H3. The molecule has 0 saturated heterocycles. The topological polar surface area (TPSA) is 32.3 Å². The minimum Gasteiger partial charge on any atom is -0.508 e. The van der Waals surface area contributed by atoms with E-state index in [9.17, 15) is 9.50 Å². The summed E-state index contributed by atoms with van der Waals surface area (Å²) >= 11 is 0. The monoisotopic (exact) mass is 273 g/mol. The average Bonchev–Trinajstić information content (AvgIpc) is 2.47. The maximum atomic E-state index is 13.2. The van der Waals surface area contributed by atoms with Crippen molar-refractivity contribution in [2.24, 2.45) is 0 Å². The quantitative estimate of drug-likeness (QED) is 0.863. The maximum Gasteiger partial charge on any atom is 0.123 e. The highest BCUT2D eigenvalue weighted by Gasteiger charge is 2.13. The van der Waals surface area contributed by atoms with Gasteiger partial charge in [-0.15, -0.1) is 0 Å². The van der Waals surface area contributed by atoms with E-state index in [4.69, 9.17) is 0 Å². The van der Waals surface area contributed by atoms with Gasteiger partial charge in [0, 0.05) is 18.2 Å². The molecule has 2 nitrogen and oxygen atoms in total. The van der Waals surface area contributed by atoms with E-state index in [1.54, 1.807) is 0 Å². The zero-order valence-electron chi connectivity index (χ0n) is 11.8. The molecule has 0 heterocycles. The third-order valence-electron chi connectivity index (χ3n) is 3.55. The van der Waals surface area contributed by atoms with Crippen LogP contribution in [-0.2, 0) is 0 Å². The van der Waals surface area contributed by atoms with Crippen molar-refractivity contribution in [1.82, 2.24) is 5.32 Å². The second-order valence-electron chi connectivity index (χ2n) is 5.14. The average molecular weight is 273 g/mol. The Labute approximate surface area is 119 Å². The number of phenols is 1. The molecule has 2 N–H and O–H groups in total. The van der Waals surface area contributed by atoms with Gasteiger partial charge in [0.1, 0.15) is 11.6 Å². The Hall–Kier alpha value is -1.87. The predicted octanol–water partition coefficient (Wildman–Crippen LogP) is 3.99. The van der Waals surface area contributed by atoms with Gasteiger partial charge in [-0.05, 0) is 36.6 Å². The van der Waals surface area contributed by atoms with Crippen molar-refractivity contribution in [3.05, 3.63) is 65.5 Å². The van der Waals surface area contributed by atoms with Crippen LogP contribution in [0.1, 0.15) is 36.9 Å². The highest BCUT2D eigenvalue weighted by molar-refractivity contribution is 5.35. The normalized spacial score (nSPS) is 13.9. The second kappa shape index (κ2) is 6.53. The van der Waals surface area contributed by atoms with Gasteiger partial charge in [0.05, 0.1) is 0 Å². The van der Waals surface area contributed by atoms with Gasteiger partial charge < -0.3 is 10.4 Å². The van der Waals surface area contributed by atoms with Crippen LogP contribution >= 0.6 is 0 Å². The van der Waals surface area contributed by atoms with E-state index < -0.39 is 0 Å². The lowest BCUT2D eigenvalue weighted by molar-refractivity contribution is 0.446. The first-order valence-electron chi connectivity index (χ1n) is 6.84. The van der Waals surface area contributed by atoms with E-state index in [1.165, 1.54) is 23.8 Å². The molecule has 0 aliphatic heterocycles. The maximum absolute atomic E-state index is 13.2. The summed E-state index contributed by atoms with van der Waals surface area (Å²) in [7, 11) is 0. The lowest BCUT2D eigenvalue weighted by Gasteiger charge is -2.19. The summed E-state index contributed by atoms with van der Waals surface area (Å²) in [5, 5.41) is 13.1. The largest absolute Gasteiger partial charge is 0.508 e. The first kappa shape index (κ1) is 14.5. The summed E-state index contributed by atoms with van der Waals surface area (Å²) in [5.41, 5.74) is 1.85. The zero-order valence-corrected chi connectivity index (χ0v) is 11.8. The number of aromatic hydroxyl groups is 1. The van der Waals surface area contributed by atoms with Crippen LogP contribution < -0.4 is 5.32 Å². The van der Waals surface area contributed by atoms with Gasteiger partial charge in [0.2, 0.25) is 0 Å². The van der Waals surface area contributed by atoms with Crippen molar-refractivity contribution in [2.75, 3.05) is 6.54 Å². The summed E-state index contributed by atoms with van der Waals surface area (Å²) in [6.07, 6.45) is 0. The van der Waals surface area contributed by atoms with Gasteiger partial charge in [-0.3, -0.25) is 0 Å². The smallest absolute Gasteiger partial charge is 0.123 e. The van der Waals surface area contributed by atoms with Gasteiger partial charge in [-0.25, -0.2) is 4.39 Å². The number of benzene rings is 2. The van der Waals surface area contributed by atoms with Crippen LogP contribution in [0.3, 0.4) is 0 Å². The van der Waals surface area contributed by atoms with E-state index in [1.807, 2.05) is 25.1 Å². The molecule has 2 unspecified atom stereocenters. The molecule has 0 fully saturated rings. The lowest BCUT2D eigenvalue weighted by Crippen LogP contribution is -2.23. The number of hydrogen-bond donors (Lipinski definition) is 2. The Balaban J connectivity index is 1.98. The highest BCUT2D eigenvalue weighted by atomic mass is 19.1. The minimum atomic E-state index is -0.331. The molecule has 3 heteroatoms. The van der Waals surface area contributed by atoms with E-state index in [-0.39, 0.29) is 17.6 Å². The van der Waals surface area contributed by atoms with Crippen LogP contribution in [0.4, 0.5) is 4.39 Å². The van der Waals surface area contributed by atoms with Crippen molar-refractivity contribution < 1.29 is 9.50 Å². The molecule has 0 aromatic heterocycles. The number of halogens is 1. The van der Waals surface area contributed by atoms with Gasteiger partial charge in [-0.1, -0.05) is 37.3 Å². The van der Waals surface area contributed by atoms with Crippen LogP contribution in [0.15, 0.2) is 48.5 Å². The highest BCUT2D eigenvalue weighted by Crippen LogP contribution is 2.25. The Morgan fingerprint density at radius 2 is 1.80 bits per heavy atom. The van der Waals surface area contributed by atoms with Crippen molar-refractivity contribution in [3.63, 3.8) is 0 Å². The van der Waals surface area contributed by atoms with Crippen LogP contribution in [-0.4, -0.2) is 11.7 Å². The van der Waals surface area contributed by atoms with E-state index in [0.29, 0.717) is 11.5 Å². The molecular formula is C17H20FNO. The van der Waals surface area contributed by atoms with Crippen LogP contribution in [0.25, 0.3) is 0 Å². The molecule has 2 aromatic carbocycles. The fourth-order valence-electron chi connectivity index (χ4n) is 2.24. The molecule has 2 rings (SSSR count). The first-order valence-corrected chi connectivity index (χ1v) is 6.84. The molecule has 0 bridgehead atoms. The van der Waals surface area contributed by atoms with Crippen LogP contribution in [0.5, 0.6) is 5.75 Å². The Morgan fingerprint density at radius 3 is 2.50 bits per heavy atom. The van der Waals surface area contributed by atoms with Gasteiger partial charge in [0.15, 0.2) is 0 Å². The molecular weight excluding hydrogens is 253 g/mol. The lowest BCUT2D eigenvalue weighted by atomic mass is 10.00. The molecule has 106 valence electrons. The predicted molar refractivity (Wildman–Crippen MR) is 79.3 cm³/mol. The number of nitrogens with one attached hydrogen (secondary N) is 1. The molecule has 0 saturated carbocycles. The third kappa shape index (κ3) is 3.58. The molecule has 0 amide bonds. The first-order chi connectivity index (χ1) is 9.58. The fourth-order valence-corrected chi connectivity index (χ4v) is 2.24. The Bertz CT molecular complexity index is 556. The van der Waals surface area contributed by atoms with Crippen molar-refractivity contribution in [3.8, 4) is 5.75 Å². The third-order valence-corrected chi connectivity index (χ3v) is 3.55. The summed E-state index contributed by atoms with van der Waals surface area (Å²) in [6.45, 7) is 4.83. The molecule has 0 radical (unpaired) electrons. The summed E-state index contributed by atoms with van der Waals surface area (Å²) in [6, 6.07) is 14.2. The number of rotatable bonds is 5. The Kier molecular flexibility index (Phi) is 4.74. The van der Waals surface area contributed by atoms with E-state index in [0.717, 1.165) is 6.54 Å². The molecule has 0 spiro atoms.